The topological polar surface area (TPSA) is 26.0 Å². The van der Waals surface area contributed by atoms with Crippen molar-refractivity contribution in [2.75, 3.05) is 12.3 Å². The lowest BCUT2D eigenvalue weighted by Crippen LogP contribution is -2.29. The zero-order valence-electron chi connectivity index (χ0n) is 11.1. The number of benzene rings is 1. The summed E-state index contributed by atoms with van der Waals surface area (Å²) in [6.45, 7) is 7.71. The quantitative estimate of drug-likeness (QED) is 0.879. The molecule has 94 valence electrons. The van der Waals surface area contributed by atoms with Gasteiger partial charge in [-0.25, -0.2) is 0 Å². The highest BCUT2D eigenvalue weighted by molar-refractivity contribution is 7.99. The Bertz CT molecular complexity index is 381. The van der Waals surface area contributed by atoms with Crippen LogP contribution in [0.2, 0.25) is 0 Å². The molecule has 1 aliphatic heterocycles. The molecule has 1 aliphatic rings. The summed E-state index contributed by atoms with van der Waals surface area (Å²) in [4.78, 5) is 1.47. The number of nitrogens with two attached hydrogens (primary N) is 1. The first kappa shape index (κ1) is 13.0. The van der Waals surface area contributed by atoms with Gasteiger partial charge in [-0.05, 0) is 41.8 Å². The maximum Gasteiger partial charge on any atom is 0.0107 e. The maximum atomic E-state index is 5.95. The van der Waals surface area contributed by atoms with Crippen LogP contribution in [0.5, 0.6) is 0 Å². The van der Waals surface area contributed by atoms with Crippen LogP contribution < -0.4 is 5.73 Å². The minimum Gasteiger partial charge on any atom is -0.330 e. The van der Waals surface area contributed by atoms with E-state index in [2.05, 4.69) is 45.0 Å². The Hall–Kier alpha value is -0.470. The summed E-state index contributed by atoms with van der Waals surface area (Å²) in [7, 11) is 0. The summed E-state index contributed by atoms with van der Waals surface area (Å²) < 4.78 is 0. The van der Waals surface area contributed by atoms with E-state index in [1.54, 1.807) is 5.56 Å². The molecule has 2 heteroatoms. The van der Waals surface area contributed by atoms with Gasteiger partial charge in [0.1, 0.15) is 0 Å². The molecule has 2 rings (SSSR count). The third-order valence-corrected chi connectivity index (χ3v) is 5.13. The van der Waals surface area contributed by atoms with E-state index in [-0.39, 0.29) is 0 Å². The van der Waals surface area contributed by atoms with Gasteiger partial charge < -0.3 is 5.73 Å². The summed E-state index contributed by atoms with van der Waals surface area (Å²) in [5.74, 6) is 2.54. The summed E-state index contributed by atoms with van der Waals surface area (Å²) >= 11 is 2.00. The lowest BCUT2D eigenvalue weighted by Gasteiger charge is -2.31. The Morgan fingerprint density at radius 1 is 1.35 bits per heavy atom. The zero-order chi connectivity index (χ0) is 12.5. The molecule has 1 heterocycles. The van der Waals surface area contributed by atoms with Crippen LogP contribution in [-0.2, 0) is 0 Å². The van der Waals surface area contributed by atoms with Crippen molar-refractivity contribution in [3.8, 4) is 0 Å². The van der Waals surface area contributed by atoms with Gasteiger partial charge >= 0.3 is 0 Å². The highest BCUT2D eigenvalue weighted by atomic mass is 32.2. The second kappa shape index (κ2) is 5.03. The van der Waals surface area contributed by atoms with E-state index in [1.165, 1.54) is 17.1 Å². The van der Waals surface area contributed by atoms with Crippen LogP contribution >= 0.6 is 11.8 Å². The average molecular weight is 249 g/mol. The van der Waals surface area contributed by atoms with E-state index >= 15 is 0 Å². The second-order valence-electron chi connectivity index (χ2n) is 6.08. The van der Waals surface area contributed by atoms with E-state index in [1.807, 2.05) is 11.8 Å². The van der Waals surface area contributed by atoms with Crippen molar-refractivity contribution in [3.05, 3.63) is 29.8 Å². The summed E-state index contributed by atoms with van der Waals surface area (Å²) in [6, 6.07) is 8.83. The molecule has 17 heavy (non-hydrogen) atoms. The van der Waals surface area contributed by atoms with Crippen LogP contribution in [0.25, 0.3) is 0 Å². The van der Waals surface area contributed by atoms with Crippen molar-refractivity contribution in [1.82, 2.24) is 0 Å². The Labute approximate surface area is 109 Å². The van der Waals surface area contributed by atoms with Gasteiger partial charge in [0.05, 0.1) is 0 Å². The van der Waals surface area contributed by atoms with E-state index < -0.39 is 0 Å². The predicted octanol–water partition coefficient (Wildman–Crippen LogP) is 3.89. The Morgan fingerprint density at radius 2 is 2.06 bits per heavy atom. The van der Waals surface area contributed by atoms with Crippen molar-refractivity contribution in [1.29, 1.82) is 0 Å². The molecular formula is C15H23NS. The molecule has 0 aromatic heterocycles. The monoisotopic (exact) mass is 249 g/mol. The number of hydrogen-bond donors (Lipinski definition) is 1. The second-order valence-corrected chi connectivity index (χ2v) is 7.14. The molecule has 0 radical (unpaired) electrons. The Balaban J connectivity index is 2.11. The highest BCUT2D eigenvalue weighted by Crippen LogP contribution is 2.44. The van der Waals surface area contributed by atoms with Crippen molar-refractivity contribution in [3.63, 3.8) is 0 Å². The molecular weight excluding hydrogens is 226 g/mol. The predicted molar refractivity (Wildman–Crippen MR) is 76.5 cm³/mol. The maximum absolute atomic E-state index is 5.95. The van der Waals surface area contributed by atoms with Gasteiger partial charge in [0.25, 0.3) is 0 Å². The summed E-state index contributed by atoms with van der Waals surface area (Å²) in [5, 5.41) is 0. The SMILES string of the molecule is CC(C)(C)C(CN)CC1CSc2ccccc21. The van der Waals surface area contributed by atoms with Gasteiger partial charge in [-0.1, -0.05) is 39.0 Å². The van der Waals surface area contributed by atoms with Crippen molar-refractivity contribution in [2.24, 2.45) is 17.1 Å². The molecule has 0 bridgehead atoms. The Morgan fingerprint density at radius 3 is 2.71 bits per heavy atom. The fourth-order valence-corrected chi connectivity index (χ4v) is 3.84. The van der Waals surface area contributed by atoms with Gasteiger partial charge in [0, 0.05) is 10.6 Å². The molecule has 0 amide bonds. The molecule has 1 aromatic carbocycles. The van der Waals surface area contributed by atoms with E-state index in [0.717, 1.165) is 6.54 Å². The third-order valence-electron chi connectivity index (χ3n) is 3.88. The normalized spacial score (nSPS) is 21.3. The van der Waals surface area contributed by atoms with Crippen LogP contribution in [0.4, 0.5) is 0 Å². The molecule has 0 fully saturated rings. The molecule has 0 saturated carbocycles. The first-order valence-corrected chi connectivity index (χ1v) is 7.42. The summed E-state index contributed by atoms with van der Waals surface area (Å²) in [6.07, 6.45) is 1.23. The van der Waals surface area contributed by atoms with Gasteiger partial charge in [-0.2, -0.15) is 0 Å². The van der Waals surface area contributed by atoms with Crippen molar-refractivity contribution >= 4 is 11.8 Å². The lowest BCUT2D eigenvalue weighted by atomic mass is 9.75. The van der Waals surface area contributed by atoms with E-state index in [9.17, 15) is 0 Å². The van der Waals surface area contributed by atoms with Gasteiger partial charge in [0.15, 0.2) is 0 Å². The minimum atomic E-state index is 0.316. The molecule has 0 saturated heterocycles. The molecule has 2 unspecified atom stereocenters. The molecule has 1 aromatic rings. The van der Waals surface area contributed by atoms with Gasteiger partial charge in [-0.3, -0.25) is 0 Å². The van der Waals surface area contributed by atoms with Crippen molar-refractivity contribution < 1.29 is 0 Å². The van der Waals surface area contributed by atoms with Crippen LogP contribution in [0.3, 0.4) is 0 Å². The highest BCUT2D eigenvalue weighted by Gasteiger charge is 2.30. The number of fused-ring (bicyclic) bond motifs is 1. The number of rotatable bonds is 3. The smallest absolute Gasteiger partial charge is 0.0107 e. The number of hydrogen-bond acceptors (Lipinski definition) is 2. The largest absolute Gasteiger partial charge is 0.330 e. The fraction of sp³-hybridized carbons (Fsp3) is 0.600. The standard InChI is InChI=1S/C15H23NS/c1-15(2,3)12(9-16)8-11-10-17-14-7-5-4-6-13(11)14/h4-7,11-12H,8-10,16H2,1-3H3. The third kappa shape index (κ3) is 2.86. The molecule has 0 aliphatic carbocycles. The van der Waals surface area contributed by atoms with E-state index in [4.69, 9.17) is 5.73 Å². The van der Waals surface area contributed by atoms with Gasteiger partial charge in [-0.15, -0.1) is 11.8 Å². The van der Waals surface area contributed by atoms with Crippen molar-refractivity contribution in [2.45, 2.75) is 38.0 Å². The molecule has 2 N–H and O–H groups in total. The molecule has 0 spiro atoms. The van der Waals surface area contributed by atoms with Crippen LogP contribution in [-0.4, -0.2) is 12.3 Å². The number of thioether (sulfide) groups is 1. The zero-order valence-corrected chi connectivity index (χ0v) is 11.9. The van der Waals surface area contributed by atoms with Crippen LogP contribution in [0, 0.1) is 11.3 Å². The summed E-state index contributed by atoms with van der Waals surface area (Å²) in [5.41, 5.74) is 7.81. The average Bonchev–Trinajstić information content (AvgIpc) is 2.67. The van der Waals surface area contributed by atoms with Gasteiger partial charge in [0.2, 0.25) is 0 Å². The minimum absolute atomic E-state index is 0.316. The Kier molecular flexibility index (Phi) is 3.84. The molecule has 1 nitrogen and oxygen atoms in total. The van der Waals surface area contributed by atoms with Crippen LogP contribution in [0.1, 0.15) is 38.7 Å². The first-order chi connectivity index (χ1) is 8.02. The fourth-order valence-electron chi connectivity index (χ4n) is 2.57. The molecule has 2 atom stereocenters. The van der Waals surface area contributed by atoms with E-state index in [0.29, 0.717) is 17.3 Å². The van der Waals surface area contributed by atoms with Crippen LogP contribution in [0.15, 0.2) is 29.2 Å². The first-order valence-electron chi connectivity index (χ1n) is 6.44. The lowest BCUT2D eigenvalue weighted by molar-refractivity contribution is 0.223.